The molecular weight excluding hydrogens is 224 g/mol. The summed E-state index contributed by atoms with van der Waals surface area (Å²) in [5.41, 5.74) is 8.81. The number of benzene rings is 1. The lowest BCUT2D eigenvalue weighted by Crippen LogP contribution is -2.04. The molecule has 90 valence electrons. The highest BCUT2D eigenvalue weighted by molar-refractivity contribution is 5.78. The summed E-state index contributed by atoms with van der Waals surface area (Å²) in [6, 6.07) is 12.2. The molecule has 4 nitrogen and oxygen atoms in total. The van der Waals surface area contributed by atoms with Crippen LogP contribution in [0.2, 0.25) is 0 Å². The Bertz CT molecular complexity index is 672. The van der Waals surface area contributed by atoms with Crippen molar-refractivity contribution in [2.45, 2.75) is 13.1 Å². The Hall–Kier alpha value is -2.20. The minimum atomic E-state index is 0.466. The normalized spacial score (nSPS) is 10.9. The van der Waals surface area contributed by atoms with Crippen molar-refractivity contribution in [1.29, 1.82) is 0 Å². The van der Waals surface area contributed by atoms with Gasteiger partial charge in [0, 0.05) is 18.1 Å². The van der Waals surface area contributed by atoms with Crippen LogP contribution in [0.1, 0.15) is 11.3 Å². The van der Waals surface area contributed by atoms with Crippen molar-refractivity contribution in [2.75, 3.05) is 0 Å². The molecule has 0 atom stereocenters. The Morgan fingerprint density at radius 2 is 2.06 bits per heavy atom. The number of rotatable bonds is 3. The average molecular weight is 238 g/mol. The van der Waals surface area contributed by atoms with E-state index in [1.54, 1.807) is 6.20 Å². The Kier molecular flexibility index (Phi) is 2.78. The van der Waals surface area contributed by atoms with Gasteiger partial charge in [0.25, 0.3) is 0 Å². The van der Waals surface area contributed by atoms with Crippen LogP contribution in [0, 0.1) is 0 Å². The lowest BCUT2D eigenvalue weighted by molar-refractivity contribution is 0.709. The molecule has 1 aromatic carbocycles. The summed E-state index contributed by atoms with van der Waals surface area (Å²) >= 11 is 0. The first-order valence-corrected chi connectivity index (χ1v) is 5.91. The summed E-state index contributed by atoms with van der Waals surface area (Å²) in [6.45, 7) is 1.21. The zero-order valence-corrected chi connectivity index (χ0v) is 9.95. The molecular formula is C14H14N4. The van der Waals surface area contributed by atoms with Crippen LogP contribution in [0.4, 0.5) is 0 Å². The molecule has 3 aromatic rings. The summed E-state index contributed by atoms with van der Waals surface area (Å²) in [7, 11) is 0. The predicted octanol–water partition coefficient (Wildman–Crippen LogP) is 1.94. The van der Waals surface area contributed by atoms with Gasteiger partial charge in [-0.25, -0.2) is 0 Å². The maximum Gasteiger partial charge on any atom is 0.0686 e. The number of hydrogen-bond donors (Lipinski definition) is 1. The van der Waals surface area contributed by atoms with Gasteiger partial charge in [-0.1, -0.05) is 18.2 Å². The molecule has 0 aliphatic heterocycles. The first-order valence-electron chi connectivity index (χ1n) is 5.91. The average Bonchev–Trinajstić information content (AvgIpc) is 2.83. The number of nitrogens with two attached hydrogens (primary N) is 1. The first kappa shape index (κ1) is 10.9. The molecule has 0 aliphatic carbocycles. The van der Waals surface area contributed by atoms with Gasteiger partial charge in [0.2, 0.25) is 0 Å². The van der Waals surface area contributed by atoms with Crippen molar-refractivity contribution in [3.63, 3.8) is 0 Å². The zero-order chi connectivity index (χ0) is 12.4. The largest absolute Gasteiger partial charge is 0.325 e. The summed E-state index contributed by atoms with van der Waals surface area (Å²) in [5.74, 6) is 0. The second kappa shape index (κ2) is 4.58. The van der Waals surface area contributed by atoms with Gasteiger partial charge in [-0.05, 0) is 23.8 Å². The van der Waals surface area contributed by atoms with Gasteiger partial charge < -0.3 is 5.73 Å². The number of nitrogens with zero attached hydrogens (tertiary/aromatic N) is 3. The summed E-state index contributed by atoms with van der Waals surface area (Å²) in [5, 5.41) is 5.57. The lowest BCUT2D eigenvalue weighted by atomic mass is 10.2. The van der Waals surface area contributed by atoms with Crippen LogP contribution >= 0.6 is 0 Å². The number of pyridine rings is 1. The fourth-order valence-corrected chi connectivity index (χ4v) is 2.06. The van der Waals surface area contributed by atoms with E-state index >= 15 is 0 Å². The fourth-order valence-electron chi connectivity index (χ4n) is 2.06. The van der Waals surface area contributed by atoms with Gasteiger partial charge in [-0.15, -0.1) is 0 Å². The van der Waals surface area contributed by atoms with Gasteiger partial charge in [-0.2, -0.15) is 5.10 Å². The summed E-state index contributed by atoms with van der Waals surface area (Å²) < 4.78 is 1.99. The van der Waals surface area contributed by atoms with E-state index in [1.165, 1.54) is 5.56 Å². The van der Waals surface area contributed by atoms with Crippen LogP contribution in [0.25, 0.3) is 10.9 Å². The van der Waals surface area contributed by atoms with E-state index < -0.39 is 0 Å². The Balaban J connectivity index is 1.96. The quantitative estimate of drug-likeness (QED) is 0.758. The highest BCUT2D eigenvalue weighted by atomic mass is 15.3. The van der Waals surface area contributed by atoms with Crippen molar-refractivity contribution in [2.24, 2.45) is 5.73 Å². The third-order valence-electron chi connectivity index (χ3n) is 2.97. The van der Waals surface area contributed by atoms with Gasteiger partial charge in [0.1, 0.15) is 0 Å². The summed E-state index contributed by atoms with van der Waals surface area (Å²) in [4.78, 5) is 4.19. The van der Waals surface area contributed by atoms with Crippen LogP contribution in [0.3, 0.4) is 0 Å². The van der Waals surface area contributed by atoms with Gasteiger partial charge in [0.15, 0.2) is 0 Å². The monoisotopic (exact) mass is 238 g/mol. The molecule has 0 saturated heterocycles. The molecule has 2 heterocycles. The second-order valence-electron chi connectivity index (χ2n) is 4.22. The standard InChI is InChI=1S/C14H14N4/c15-8-13-7-11(5-6-16-13)10-18-14-4-2-1-3-12(14)9-17-18/h1-7,9H,8,10,15H2. The molecule has 0 unspecified atom stereocenters. The Morgan fingerprint density at radius 1 is 1.17 bits per heavy atom. The molecule has 2 N–H and O–H groups in total. The van der Waals surface area contributed by atoms with Crippen LogP contribution in [-0.4, -0.2) is 14.8 Å². The van der Waals surface area contributed by atoms with Crippen molar-refractivity contribution in [3.8, 4) is 0 Å². The third-order valence-corrected chi connectivity index (χ3v) is 2.97. The van der Waals surface area contributed by atoms with E-state index in [0.29, 0.717) is 6.54 Å². The van der Waals surface area contributed by atoms with Crippen molar-refractivity contribution < 1.29 is 0 Å². The molecule has 0 saturated carbocycles. The second-order valence-corrected chi connectivity index (χ2v) is 4.22. The van der Waals surface area contributed by atoms with Gasteiger partial charge in [-0.3, -0.25) is 9.67 Å². The van der Waals surface area contributed by atoms with Crippen molar-refractivity contribution >= 4 is 10.9 Å². The predicted molar refractivity (Wildman–Crippen MR) is 71.0 cm³/mol. The van der Waals surface area contributed by atoms with Crippen LogP contribution in [0.15, 0.2) is 48.8 Å². The molecule has 0 radical (unpaired) electrons. The molecule has 4 heteroatoms. The van der Waals surface area contributed by atoms with Crippen LogP contribution in [0.5, 0.6) is 0 Å². The topological polar surface area (TPSA) is 56.7 Å². The van der Waals surface area contributed by atoms with E-state index in [1.807, 2.05) is 35.1 Å². The van der Waals surface area contributed by atoms with Gasteiger partial charge in [0.05, 0.1) is 24.0 Å². The number of hydrogen-bond acceptors (Lipinski definition) is 3. The Labute approximate surface area is 105 Å². The smallest absolute Gasteiger partial charge is 0.0686 e. The van der Waals surface area contributed by atoms with E-state index in [2.05, 4.69) is 22.2 Å². The minimum absolute atomic E-state index is 0.466. The maximum absolute atomic E-state index is 5.60. The van der Waals surface area contributed by atoms with E-state index in [4.69, 9.17) is 5.73 Å². The number of fused-ring (bicyclic) bond motifs is 1. The third kappa shape index (κ3) is 1.98. The molecule has 0 fully saturated rings. The molecule has 0 spiro atoms. The molecule has 2 aromatic heterocycles. The number of para-hydroxylation sites is 1. The SMILES string of the molecule is NCc1cc(Cn2ncc3ccccc32)ccn1. The molecule has 0 bridgehead atoms. The van der Waals surface area contributed by atoms with Crippen LogP contribution in [-0.2, 0) is 13.1 Å². The van der Waals surface area contributed by atoms with Crippen molar-refractivity contribution in [3.05, 3.63) is 60.0 Å². The van der Waals surface area contributed by atoms with E-state index in [0.717, 1.165) is 23.1 Å². The fraction of sp³-hybridized carbons (Fsp3) is 0.143. The first-order chi connectivity index (χ1) is 8.86. The highest BCUT2D eigenvalue weighted by Gasteiger charge is 2.03. The molecule has 0 amide bonds. The minimum Gasteiger partial charge on any atom is -0.325 e. The molecule has 18 heavy (non-hydrogen) atoms. The van der Waals surface area contributed by atoms with Crippen LogP contribution < -0.4 is 5.73 Å². The molecule has 3 rings (SSSR count). The van der Waals surface area contributed by atoms with E-state index in [-0.39, 0.29) is 0 Å². The highest BCUT2D eigenvalue weighted by Crippen LogP contribution is 2.14. The Morgan fingerprint density at radius 3 is 2.94 bits per heavy atom. The van der Waals surface area contributed by atoms with Gasteiger partial charge >= 0.3 is 0 Å². The zero-order valence-electron chi connectivity index (χ0n) is 9.95. The van der Waals surface area contributed by atoms with Crippen molar-refractivity contribution in [1.82, 2.24) is 14.8 Å². The van der Waals surface area contributed by atoms with E-state index in [9.17, 15) is 0 Å². The maximum atomic E-state index is 5.60. The molecule has 0 aliphatic rings. The lowest BCUT2D eigenvalue weighted by Gasteiger charge is -2.05. The number of aromatic nitrogens is 3. The summed E-state index contributed by atoms with van der Waals surface area (Å²) in [6.07, 6.45) is 3.68.